The molecule has 2 aromatic heterocycles. The van der Waals surface area contributed by atoms with Gasteiger partial charge in [0.05, 0.1) is 18.4 Å². The van der Waals surface area contributed by atoms with Crippen LogP contribution in [0.25, 0.3) is 16.4 Å². The summed E-state index contributed by atoms with van der Waals surface area (Å²) >= 11 is 0. The van der Waals surface area contributed by atoms with Crippen LogP contribution in [0.3, 0.4) is 0 Å². The van der Waals surface area contributed by atoms with Gasteiger partial charge in [0.25, 0.3) is 0 Å². The molecule has 8 heteroatoms. The molecule has 4 aromatic carbocycles. The molecule has 0 bridgehead atoms. The van der Waals surface area contributed by atoms with Gasteiger partial charge in [0.1, 0.15) is 17.8 Å². The molecule has 1 unspecified atom stereocenters. The molecule has 0 saturated heterocycles. The summed E-state index contributed by atoms with van der Waals surface area (Å²) in [5, 5.41) is 11.2. The lowest BCUT2D eigenvalue weighted by atomic mass is 9.81. The quantitative estimate of drug-likeness (QED) is 0.170. The second-order valence-electron chi connectivity index (χ2n) is 10.1. The SMILES string of the molecule is COc1ccc(C2c3c(ccc4ccccc34)Oc3ncn4nc(CON=C(C)c5ccc(C)cc5)nc4c32)cc1. The normalized spacial score (nSPS) is 14.4. The van der Waals surface area contributed by atoms with Crippen LogP contribution in [0.4, 0.5) is 0 Å². The number of oxime groups is 1. The molecule has 0 amide bonds. The van der Waals surface area contributed by atoms with Crippen molar-refractivity contribution in [3.05, 3.63) is 125 Å². The van der Waals surface area contributed by atoms with Gasteiger partial charge in [-0.25, -0.2) is 14.5 Å². The molecule has 0 radical (unpaired) electrons. The van der Waals surface area contributed by atoms with Crippen LogP contribution >= 0.6 is 0 Å². The van der Waals surface area contributed by atoms with Crippen LogP contribution in [0.5, 0.6) is 17.4 Å². The van der Waals surface area contributed by atoms with E-state index < -0.39 is 0 Å². The number of hydrogen-bond acceptors (Lipinski definition) is 7. The average Bonchev–Trinajstić information content (AvgIpc) is 3.43. The Bertz CT molecular complexity index is 1930. The van der Waals surface area contributed by atoms with Crippen LogP contribution in [0.15, 0.2) is 96.4 Å². The summed E-state index contributed by atoms with van der Waals surface area (Å²) in [7, 11) is 1.67. The van der Waals surface area contributed by atoms with E-state index >= 15 is 0 Å². The monoisotopic (exact) mass is 541 g/mol. The van der Waals surface area contributed by atoms with Gasteiger partial charge in [-0.1, -0.05) is 77.4 Å². The van der Waals surface area contributed by atoms with Gasteiger partial charge in [0, 0.05) is 11.5 Å². The first kappa shape index (κ1) is 24.8. The number of hydrogen-bond donors (Lipinski definition) is 0. The van der Waals surface area contributed by atoms with Gasteiger partial charge in [-0.2, -0.15) is 0 Å². The predicted octanol–water partition coefficient (Wildman–Crippen LogP) is 6.82. The third-order valence-corrected chi connectivity index (χ3v) is 7.46. The number of benzene rings is 4. The van der Waals surface area contributed by atoms with Crippen molar-refractivity contribution < 1.29 is 14.3 Å². The van der Waals surface area contributed by atoms with E-state index in [4.69, 9.17) is 19.3 Å². The molecule has 202 valence electrons. The molecule has 1 aliphatic rings. The number of aromatic nitrogens is 4. The Morgan fingerprint density at radius 2 is 1.76 bits per heavy atom. The highest BCUT2D eigenvalue weighted by atomic mass is 16.6. The molecule has 41 heavy (non-hydrogen) atoms. The van der Waals surface area contributed by atoms with Crippen LogP contribution < -0.4 is 9.47 Å². The minimum Gasteiger partial charge on any atom is -0.497 e. The van der Waals surface area contributed by atoms with Crippen LogP contribution in [0.2, 0.25) is 0 Å². The van der Waals surface area contributed by atoms with Crippen LogP contribution in [0, 0.1) is 6.92 Å². The topological polar surface area (TPSA) is 83.1 Å². The summed E-state index contributed by atoms with van der Waals surface area (Å²) in [6.07, 6.45) is 1.63. The van der Waals surface area contributed by atoms with Crippen molar-refractivity contribution in [2.75, 3.05) is 7.11 Å². The molecular formula is C33H27N5O3. The van der Waals surface area contributed by atoms with Gasteiger partial charge in [0.2, 0.25) is 5.88 Å². The van der Waals surface area contributed by atoms with Crippen molar-refractivity contribution in [1.29, 1.82) is 0 Å². The second kappa shape index (κ2) is 10.1. The van der Waals surface area contributed by atoms with Crippen molar-refractivity contribution in [3.63, 3.8) is 0 Å². The largest absolute Gasteiger partial charge is 0.497 e. The Hall–Kier alpha value is -5.24. The first-order valence-electron chi connectivity index (χ1n) is 13.4. The molecule has 0 fully saturated rings. The average molecular weight is 542 g/mol. The van der Waals surface area contributed by atoms with E-state index in [1.165, 1.54) is 5.56 Å². The fourth-order valence-corrected chi connectivity index (χ4v) is 5.37. The highest BCUT2D eigenvalue weighted by Gasteiger charge is 2.34. The smallest absolute Gasteiger partial charge is 0.228 e. The standard InChI is InChI=1S/C33H27N5O3/c1-20-8-10-22(11-9-20)21(2)37-40-18-28-35-32-31-29(24-12-15-25(39-3)16-13-24)30-26-7-5-4-6-23(26)14-17-27(30)41-33(31)34-19-38(32)36-28/h4-17,19,29H,18H2,1-3H3. The molecule has 0 aliphatic carbocycles. The summed E-state index contributed by atoms with van der Waals surface area (Å²) < 4.78 is 13.5. The van der Waals surface area contributed by atoms with Crippen LogP contribution in [0.1, 0.15) is 46.5 Å². The van der Waals surface area contributed by atoms with E-state index in [0.717, 1.165) is 50.2 Å². The number of methoxy groups -OCH3 is 1. The minimum absolute atomic E-state index is 0.118. The molecule has 0 spiro atoms. The lowest BCUT2D eigenvalue weighted by Crippen LogP contribution is -2.15. The maximum absolute atomic E-state index is 6.40. The zero-order valence-electron chi connectivity index (χ0n) is 22.9. The van der Waals surface area contributed by atoms with E-state index in [9.17, 15) is 0 Å². The number of ether oxygens (including phenoxy) is 2. The Balaban J connectivity index is 1.31. The summed E-state index contributed by atoms with van der Waals surface area (Å²) in [5.74, 6) is 2.38. The zero-order valence-corrected chi connectivity index (χ0v) is 22.9. The molecule has 7 rings (SSSR count). The fraction of sp³-hybridized carbons (Fsp3) is 0.152. The summed E-state index contributed by atoms with van der Waals surface area (Å²) in [5.41, 5.74) is 6.62. The first-order valence-corrected chi connectivity index (χ1v) is 13.4. The molecule has 1 aliphatic heterocycles. The van der Waals surface area contributed by atoms with Crippen molar-refractivity contribution in [3.8, 4) is 17.4 Å². The third-order valence-electron chi connectivity index (χ3n) is 7.46. The molecule has 6 aromatic rings. The first-order chi connectivity index (χ1) is 20.1. The summed E-state index contributed by atoms with van der Waals surface area (Å²) in [6, 6.07) is 28.7. The number of rotatable bonds is 6. The number of aryl methyl sites for hydroxylation is 1. The maximum Gasteiger partial charge on any atom is 0.228 e. The molecule has 8 nitrogen and oxygen atoms in total. The molecule has 3 heterocycles. The second-order valence-corrected chi connectivity index (χ2v) is 10.1. The van der Waals surface area contributed by atoms with E-state index in [0.29, 0.717) is 17.4 Å². The molecule has 0 saturated carbocycles. The van der Waals surface area contributed by atoms with Crippen LogP contribution in [-0.2, 0) is 11.4 Å². The van der Waals surface area contributed by atoms with E-state index in [1.54, 1.807) is 18.0 Å². The Morgan fingerprint density at radius 3 is 2.56 bits per heavy atom. The summed E-state index contributed by atoms with van der Waals surface area (Å²) in [4.78, 5) is 15.2. The van der Waals surface area contributed by atoms with Crippen molar-refractivity contribution in [2.24, 2.45) is 5.16 Å². The molecular weight excluding hydrogens is 514 g/mol. The minimum atomic E-state index is -0.193. The summed E-state index contributed by atoms with van der Waals surface area (Å²) in [6.45, 7) is 4.09. The molecule has 1 atom stereocenters. The number of nitrogens with zero attached hydrogens (tertiary/aromatic N) is 5. The van der Waals surface area contributed by atoms with Gasteiger partial charge in [0.15, 0.2) is 18.1 Å². The third kappa shape index (κ3) is 4.43. The fourth-order valence-electron chi connectivity index (χ4n) is 5.37. The Labute approximate surface area is 236 Å². The Morgan fingerprint density at radius 1 is 0.951 bits per heavy atom. The van der Waals surface area contributed by atoms with Gasteiger partial charge in [-0.3, -0.25) is 0 Å². The maximum atomic E-state index is 6.40. The lowest BCUT2D eigenvalue weighted by Gasteiger charge is -2.29. The van der Waals surface area contributed by atoms with Crippen LogP contribution in [-0.4, -0.2) is 32.4 Å². The molecule has 0 N–H and O–H groups in total. The zero-order chi connectivity index (χ0) is 27.9. The lowest BCUT2D eigenvalue weighted by molar-refractivity contribution is 0.125. The van der Waals surface area contributed by atoms with Gasteiger partial charge in [-0.15, -0.1) is 5.10 Å². The van der Waals surface area contributed by atoms with Gasteiger partial charge in [-0.05, 0) is 53.9 Å². The van der Waals surface area contributed by atoms with Gasteiger partial charge >= 0.3 is 0 Å². The van der Waals surface area contributed by atoms with Crippen molar-refractivity contribution in [2.45, 2.75) is 26.4 Å². The highest BCUT2D eigenvalue weighted by Crippen LogP contribution is 2.50. The number of fused-ring (bicyclic) bond motifs is 6. The van der Waals surface area contributed by atoms with E-state index in [2.05, 4.69) is 64.6 Å². The Kier molecular flexibility index (Phi) is 6.08. The predicted molar refractivity (Wildman–Crippen MR) is 157 cm³/mol. The van der Waals surface area contributed by atoms with E-state index in [1.807, 2.05) is 49.4 Å². The van der Waals surface area contributed by atoms with Crippen molar-refractivity contribution in [1.82, 2.24) is 19.6 Å². The van der Waals surface area contributed by atoms with E-state index in [-0.39, 0.29) is 12.5 Å². The van der Waals surface area contributed by atoms with Crippen molar-refractivity contribution >= 4 is 22.1 Å². The van der Waals surface area contributed by atoms with Gasteiger partial charge < -0.3 is 14.3 Å². The highest BCUT2D eigenvalue weighted by molar-refractivity contribution is 5.98.